The molecule has 1 aromatic rings. The van der Waals surface area contributed by atoms with Gasteiger partial charge in [0.2, 0.25) is 0 Å². The van der Waals surface area contributed by atoms with E-state index >= 15 is 0 Å². The lowest BCUT2D eigenvalue weighted by molar-refractivity contribution is -0.116. The van der Waals surface area contributed by atoms with Crippen molar-refractivity contribution in [2.24, 2.45) is 0 Å². The van der Waals surface area contributed by atoms with E-state index in [9.17, 15) is 4.79 Å². The molecular formula is C15H20O3. The van der Waals surface area contributed by atoms with E-state index in [-0.39, 0.29) is 11.9 Å². The smallest absolute Gasteiger partial charge is 0.134 e. The van der Waals surface area contributed by atoms with Crippen molar-refractivity contribution in [1.29, 1.82) is 0 Å². The van der Waals surface area contributed by atoms with E-state index in [4.69, 9.17) is 9.47 Å². The molecule has 0 radical (unpaired) electrons. The predicted molar refractivity (Wildman–Crippen MR) is 69.9 cm³/mol. The second kappa shape index (κ2) is 6.55. The van der Waals surface area contributed by atoms with Crippen LogP contribution in [0, 0.1) is 0 Å². The molecule has 1 saturated heterocycles. The van der Waals surface area contributed by atoms with Crippen LogP contribution in [-0.2, 0) is 16.0 Å². The van der Waals surface area contributed by atoms with Gasteiger partial charge in [-0.3, -0.25) is 4.79 Å². The first-order chi connectivity index (χ1) is 8.74. The highest BCUT2D eigenvalue weighted by Gasteiger charge is 2.14. The van der Waals surface area contributed by atoms with Gasteiger partial charge in [0.05, 0.1) is 6.10 Å². The zero-order valence-electron chi connectivity index (χ0n) is 10.9. The molecule has 1 fully saturated rings. The maximum atomic E-state index is 11.0. The molecule has 1 aliphatic heterocycles. The van der Waals surface area contributed by atoms with Gasteiger partial charge < -0.3 is 9.47 Å². The van der Waals surface area contributed by atoms with Crippen molar-refractivity contribution < 1.29 is 14.3 Å². The fraction of sp³-hybridized carbons (Fsp3) is 0.533. The number of hydrogen-bond donors (Lipinski definition) is 0. The number of carbonyl (C=O) groups is 1. The highest BCUT2D eigenvalue weighted by atomic mass is 16.5. The Morgan fingerprint density at radius 1 is 1.33 bits per heavy atom. The minimum Gasteiger partial charge on any atom is -0.491 e. The van der Waals surface area contributed by atoms with Gasteiger partial charge in [0.25, 0.3) is 0 Å². The fourth-order valence-electron chi connectivity index (χ4n) is 2.12. The van der Waals surface area contributed by atoms with Crippen LogP contribution < -0.4 is 4.74 Å². The van der Waals surface area contributed by atoms with Crippen molar-refractivity contribution >= 4 is 5.78 Å². The van der Waals surface area contributed by atoms with E-state index in [0.717, 1.165) is 30.8 Å². The molecule has 1 atom stereocenters. The third kappa shape index (κ3) is 4.15. The van der Waals surface area contributed by atoms with Gasteiger partial charge >= 0.3 is 0 Å². The summed E-state index contributed by atoms with van der Waals surface area (Å²) in [6.45, 7) is 3.07. The number of benzene rings is 1. The van der Waals surface area contributed by atoms with Gasteiger partial charge in [-0.15, -0.1) is 0 Å². The van der Waals surface area contributed by atoms with Crippen LogP contribution in [0.25, 0.3) is 0 Å². The van der Waals surface area contributed by atoms with Crippen LogP contribution >= 0.6 is 0 Å². The summed E-state index contributed by atoms with van der Waals surface area (Å²) in [6, 6.07) is 7.72. The Hall–Kier alpha value is -1.35. The van der Waals surface area contributed by atoms with Gasteiger partial charge in [0.1, 0.15) is 18.1 Å². The minimum atomic E-state index is 0.180. The fourth-order valence-corrected chi connectivity index (χ4v) is 2.12. The molecule has 18 heavy (non-hydrogen) atoms. The normalized spacial score (nSPS) is 19.5. The van der Waals surface area contributed by atoms with E-state index in [0.29, 0.717) is 13.0 Å². The molecule has 98 valence electrons. The molecule has 1 unspecified atom stereocenters. The number of hydrogen-bond acceptors (Lipinski definition) is 3. The van der Waals surface area contributed by atoms with Gasteiger partial charge in [-0.2, -0.15) is 0 Å². The molecule has 1 aromatic carbocycles. The van der Waals surface area contributed by atoms with E-state index < -0.39 is 0 Å². The molecule has 3 heteroatoms. The summed E-state index contributed by atoms with van der Waals surface area (Å²) in [6.07, 6.45) is 4.20. The van der Waals surface area contributed by atoms with Gasteiger partial charge in [-0.05, 0) is 43.9 Å². The molecule has 0 amide bonds. The predicted octanol–water partition coefficient (Wildman–Crippen LogP) is 2.77. The average molecular weight is 248 g/mol. The van der Waals surface area contributed by atoms with Gasteiger partial charge in [-0.1, -0.05) is 12.1 Å². The number of Topliss-reactive ketones (excluding diaryl/α,β-unsaturated/α-hetero) is 1. The van der Waals surface area contributed by atoms with Crippen LogP contribution in [0.1, 0.15) is 31.7 Å². The summed E-state index contributed by atoms with van der Waals surface area (Å²) < 4.78 is 11.3. The zero-order chi connectivity index (χ0) is 12.8. The summed E-state index contributed by atoms with van der Waals surface area (Å²) in [5.41, 5.74) is 1.03. The quantitative estimate of drug-likeness (QED) is 0.803. The molecule has 0 aromatic heterocycles. The molecule has 2 rings (SSSR count). The summed E-state index contributed by atoms with van der Waals surface area (Å²) >= 11 is 0. The largest absolute Gasteiger partial charge is 0.491 e. The van der Waals surface area contributed by atoms with E-state index in [1.54, 1.807) is 6.92 Å². The Morgan fingerprint density at radius 2 is 2.11 bits per heavy atom. The molecule has 0 aliphatic carbocycles. The van der Waals surface area contributed by atoms with Crippen LogP contribution in [0.4, 0.5) is 0 Å². The SMILES string of the molecule is CC(=O)Cc1ccc(OCC2CCCCO2)cc1. The third-order valence-electron chi connectivity index (χ3n) is 3.09. The zero-order valence-corrected chi connectivity index (χ0v) is 10.9. The molecule has 3 nitrogen and oxygen atoms in total. The van der Waals surface area contributed by atoms with Crippen molar-refractivity contribution in [3.05, 3.63) is 29.8 Å². The first-order valence-corrected chi connectivity index (χ1v) is 6.57. The summed E-state index contributed by atoms with van der Waals surface area (Å²) in [5, 5.41) is 0. The Morgan fingerprint density at radius 3 is 2.72 bits per heavy atom. The molecule has 0 N–H and O–H groups in total. The topological polar surface area (TPSA) is 35.5 Å². The van der Waals surface area contributed by atoms with Crippen LogP contribution in [-0.4, -0.2) is 25.1 Å². The highest BCUT2D eigenvalue weighted by Crippen LogP contribution is 2.17. The Labute approximate surface area is 108 Å². The summed E-state index contributed by atoms with van der Waals surface area (Å²) in [4.78, 5) is 11.0. The Balaban J connectivity index is 1.80. The van der Waals surface area contributed by atoms with E-state index in [1.165, 1.54) is 6.42 Å². The lowest BCUT2D eigenvalue weighted by atomic mass is 10.1. The Kier molecular flexibility index (Phi) is 4.76. The van der Waals surface area contributed by atoms with E-state index in [1.807, 2.05) is 24.3 Å². The first kappa shape index (κ1) is 13.1. The lowest BCUT2D eigenvalue weighted by Crippen LogP contribution is -2.25. The maximum absolute atomic E-state index is 11.0. The average Bonchev–Trinajstić information content (AvgIpc) is 2.38. The standard InChI is InChI=1S/C15H20O3/c1-12(16)10-13-5-7-14(8-6-13)18-11-15-4-2-3-9-17-15/h5-8,15H,2-4,9-11H2,1H3. The molecule has 1 heterocycles. The third-order valence-corrected chi connectivity index (χ3v) is 3.09. The summed E-state index contributed by atoms with van der Waals surface area (Å²) in [7, 11) is 0. The molecule has 1 aliphatic rings. The number of carbonyl (C=O) groups excluding carboxylic acids is 1. The molecular weight excluding hydrogens is 228 g/mol. The van der Waals surface area contributed by atoms with Crippen molar-refractivity contribution in [2.45, 2.75) is 38.7 Å². The monoisotopic (exact) mass is 248 g/mol. The number of ether oxygens (including phenoxy) is 2. The molecule has 0 spiro atoms. The minimum absolute atomic E-state index is 0.180. The van der Waals surface area contributed by atoms with Crippen LogP contribution in [0.15, 0.2) is 24.3 Å². The second-order valence-corrected chi connectivity index (χ2v) is 4.82. The first-order valence-electron chi connectivity index (χ1n) is 6.57. The van der Waals surface area contributed by atoms with Crippen molar-refractivity contribution in [3.63, 3.8) is 0 Å². The lowest BCUT2D eigenvalue weighted by Gasteiger charge is -2.22. The highest BCUT2D eigenvalue weighted by molar-refractivity contribution is 5.78. The van der Waals surface area contributed by atoms with Gasteiger partial charge in [0, 0.05) is 13.0 Å². The van der Waals surface area contributed by atoms with Crippen LogP contribution in [0.2, 0.25) is 0 Å². The Bertz CT molecular complexity index is 377. The van der Waals surface area contributed by atoms with Gasteiger partial charge in [0.15, 0.2) is 0 Å². The van der Waals surface area contributed by atoms with Crippen molar-refractivity contribution in [1.82, 2.24) is 0 Å². The molecule has 0 bridgehead atoms. The summed E-state index contributed by atoms with van der Waals surface area (Å²) in [5.74, 6) is 1.02. The number of ketones is 1. The van der Waals surface area contributed by atoms with Crippen molar-refractivity contribution in [3.8, 4) is 5.75 Å². The van der Waals surface area contributed by atoms with Crippen LogP contribution in [0.3, 0.4) is 0 Å². The number of rotatable bonds is 5. The maximum Gasteiger partial charge on any atom is 0.134 e. The van der Waals surface area contributed by atoms with E-state index in [2.05, 4.69) is 0 Å². The van der Waals surface area contributed by atoms with Crippen molar-refractivity contribution in [2.75, 3.05) is 13.2 Å². The van der Waals surface area contributed by atoms with Crippen LogP contribution in [0.5, 0.6) is 5.75 Å². The second-order valence-electron chi connectivity index (χ2n) is 4.82. The van der Waals surface area contributed by atoms with Gasteiger partial charge in [-0.25, -0.2) is 0 Å². The molecule has 0 saturated carbocycles.